The van der Waals surface area contributed by atoms with E-state index in [-0.39, 0.29) is 19.3 Å². The fourth-order valence-corrected chi connectivity index (χ4v) is 2.60. The topological polar surface area (TPSA) is 82.1 Å². The van der Waals surface area contributed by atoms with Crippen molar-refractivity contribution in [2.24, 2.45) is 0 Å². The van der Waals surface area contributed by atoms with E-state index in [1.165, 1.54) is 0 Å². The van der Waals surface area contributed by atoms with E-state index < -0.39 is 16.2 Å². The molecule has 0 unspecified atom stereocenters. The maximum Gasteiger partial charge on any atom is 0.410 e. The Kier molecular flexibility index (Phi) is 6.37. The van der Waals surface area contributed by atoms with Crippen LogP contribution in [-0.4, -0.2) is 58.1 Å². The van der Waals surface area contributed by atoms with E-state index in [0.717, 1.165) is 11.8 Å². The first kappa shape index (κ1) is 17.7. The molecule has 0 saturated carbocycles. The molecule has 0 radical (unpaired) electrons. The molecule has 0 N–H and O–H groups in total. The number of hydrogen-bond donors (Lipinski definition) is 0. The van der Waals surface area contributed by atoms with Gasteiger partial charge in [-0.15, -0.1) is 0 Å². The van der Waals surface area contributed by atoms with Gasteiger partial charge in [-0.05, 0) is 5.56 Å². The van der Waals surface area contributed by atoms with Gasteiger partial charge < -0.3 is 14.4 Å². The van der Waals surface area contributed by atoms with Gasteiger partial charge in [-0.2, -0.15) is 8.42 Å². The van der Waals surface area contributed by atoms with Gasteiger partial charge >= 0.3 is 6.09 Å². The summed E-state index contributed by atoms with van der Waals surface area (Å²) in [6.07, 6.45) is 0.748. The van der Waals surface area contributed by atoms with Crippen LogP contribution in [-0.2, 0) is 30.4 Å². The Balaban J connectivity index is 1.75. The lowest BCUT2D eigenvalue weighted by Gasteiger charge is -2.32. The normalized spacial score (nSPS) is 18.7. The molecule has 7 nitrogen and oxygen atoms in total. The molecule has 1 aliphatic heterocycles. The Morgan fingerprint density at radius 2 is 2.09 bits per heavy atom. The van der Waals surface area contributed by atoms with E-state index >= 15 is 0 Å². The molecule has 1 saturated heterocycles. The number of rotatable bonds is 6. The van der Waals surface area contributed by atoms with Gasteiger partial charge in [-0.1, -0.05) is 30.3 Å². The Hall–Kier alpha value is -1.64. The highest BCUT2D eigenvalue weighted by molar-refractivity contribution is 7.85. The summed E-state index contributed by atoms with van der Waals surface area (Å²) in [5, 5.41) is 0. The molecule has 1 atom stereocenters. The molecule has 23 heavy (non-hydrogen) atoms. The van der Waals surface area contributed by atoms with Crippen molar-refractivity contribution in [3.05, 3.63) is 35.9 Å². The zero-order valence-corrected chi connectivity index (χ0v) is 13.8. The van der Waals surface area contributed by atoms with Crippen molar-refractivity contribution in [2.75, 3.05) is 32.6 Å². The quantitative estimate of drug-likeness (QED) is 0.726. The lowest BCUT2D eigenvalue weighted by molar-refractivity contribution is -0.0354. The molecule has 8 heteroatoms. The number of nitrogens with zero attached hydrogens (tertiary/aromatic N) is 1. The lowest BCUT2D eigenvalue weighted by atomic mass is 10.2. The molecular weight excluding hydrogens is 322 g/mol. The third-order valence-electron chi connectivity index (χ3n) is 3.34. The van der Waals surface area contributed by atoms with Crippen LogP contribution in [0.2, 0.25) is 0 Å². The average molecular weight is 343 g/mol. The average Bonchev–Trinajstić information content (AvgIpc) is 2.53. The number of benzene rings is 1. The molecule has 1 aliphatic rings. The molecule has 0 aliphatic carbocycles. The second-order valence-electron chi connectivity index (χ2n) is 5.29. The third-order valence-corrected chi connectivity index (χ3v) is 3.93. The largest absolute Gasteiger partial charge is 0.445 e. The third kappa shape index (κ3) is 6.55. The summed E-state index contributed by atoms with van der Waals surface area (Å²) in [7, 11) is -3.45. The van der Waals surface area contributed by atoms with Crippen LogP contribution in [0.1, 0.15) is 12.0 Å². The first-order valence-corrected chi connectivity index (χ1v) is 9.17. The van der Waals surface area contributed by atoms with E-state index in [4.69, 9.17) is 13.7 Å². The highest BCUT2D eigenvalue weighted by atomic mass is 32.2. The maximum atomic E-state index is 12.1. The van der Waals surface area contributed by atoms with Crippen molar-refractivity contribution < 1.29 is 26.9 Å². The Labute approximate surface area is 136 Å². The zero-order chi connectivity index (χ0) is 16.7. The van der Waals surface area contributed by atoms with Crippen molar-refractivity contribution in [3.8, 4) is 0 Å². The highest BCUT2D eigenvalue weighted by Gasteiger charge is 2.25. The Morgan fingerprint density at radius 1 is 1.35 bits per heavy atom. The predicted octanol–water partition coefficient (Wildman–Crippen LogP) is 1.39. The molecule has 1 fully saturated rings. The van der Waals surface area contributed by atoms with Gasteiger partial charge in [0.1, 0.15) is 6.61 Å². The minimum absolute atomic E-state index is 0.0381. The van der Waals surface area contributed by atoms with Crippen LogP contribution in [0.5, 0.6) is 0 Å². The smallest absolute Gasteiger partial charge is 0.410 e. The SMILES string of the molecule is CS(=O)(=O)OCC[C@@H]1CN(C(=O)OCc2ccccc2)CCO1. The minimum Gasteiger partial charge on any atom is -0.445 e. The summed E-state index contributed by atoms with van der Waals surface area (Å²) < 4.78 is 37.3. The molecule has 128 valence electrons. The van der Waals surface area contributed by atoms with Gasteiger partial charge in [0.15, 0.2) is 0 Å². The maximum absolute atomic E-state index is 12.1. The van der Waals surface area contributed by atoms with Crippen LogP contribution < -0.4 is 0 Å². The van der Waals surface area contributed by atoms with Crippen molar-refractivity contribution in [3.63, 3.8) is 0 Å². The first-order valence-electron chi connectivity index (χ1n) is 7.36. The van der Waals surface area contributed by atoms with Gasteiger partial charge in [-0.3, -0.25) is 4.18 Å². The number of carbonyl (C=O) groups excluding carboxylic acids is 1. The number of amides is 1. The van der Waals surface area contributed by atoms with Gasteiger partial charge in [0.25, 0.3) is 10.1 Å². The van der Waals surface area contributed by atoms with E-state index in [1.807, 2.05) is 30.3 Å². The monoisotopic (exact) mass is 343 g/mol. The number of ether oxygens (including phenoxy) is 2. The standard InChI is InChI=1S/C15H21NO6S/c1-23(18,19)22-9-7-14-11-16(8-10-20-14)15(17)21-12-13-5-3-2-4-6-13/h2-6,14H,7-12H2,1H3/t14-/m1/s1. The Bertz CT molecular complexity index is 604. The van der Waals surface area contributed by atoms with Crippen LogP contribution in [0.15, 0.2) is 30.3 Å². The molecule has 0 bridgehead atoms. The molecule has 1 amide bonds. The van der Waals surface area contributed by atoms with Crippen molar-refractivity contribution in [2.45, 2.75) is 19.1 Å². The van der Waals surface area contributed by atoms with Gasteiger partial charge in [-0.25, -0.2) is 4.79 Å². The minimum atomic E-state index is -3.45. The van der Waals surface area contributed by atoms with Gasteiger partial charge in [0.2, 0.25) is 0 Å². The molecule has 0 spiro atoms. The summed E-state index contributed by atoms with van der Waals surface area (Å²) in [4.78, 5) is 13.6. The highest BCUT2D eigenvalue weighted by Crippen LogP contribution is 2.11. The number of morpholine rings is 1. The van der Waals surface area contributed by atoms with Gasteiger partial charge in [0.05, 0.1) is 32.1 Å². The van der Waals surface area contributed by atoms with Crippen LogP contribution >= 0.6 is 0 Å². The fourth-order valence-electron chi connectivity index (χ4n) is 2.20. The summed E-state index contributed by atoms with van der Waals surface area (Å²) in [6, 6.07) is 9.44. The van der Waals surface area contributed by atoms with E-state index in [0.29, 0.717) is 26.1 Å². The van der Waals surface area contributed by atoms with Crippen molar-refractivity contribution >= 4 is 16.2 Å². The van der Waals surface area contributed by atoms with Crippen molar-refractivity contribution in [1.82, 2.24) is 4.90 Å². The lowest BCUT2D eigenvalue weighted by Crippen LogP contribution is -2.46. The number of hydrogen-bond acceptors (Lipinski definition) is 6. The first-order chi connectivity index (χ1) is 10.9. The van der Waals surface area contributed by atoms with Crippen molar-refractivity contribution in [1.29, 1.82) is 0 Å². The summed E-state index contributed by atoms with van der Waals surface area (Å²) in [5.74, 6) is 0. The second-order valence-corrected chi connectivity index (χ2v) is 6.94. The summed E-state index contributed by atoms with van der Waals surface area (Å²) >= 11 is 0. The van der Waals surface area contributed by atoms with E-state index in [9.17, 15) is 13.2 Å². The van der Waals surface area contributed by atoms with Crippen LogP contribution in [0.4, 0.5) is 4.79 Å². The Morgan fingerprint density at radius 3 is 2.78 bits per heavy atom. The van der Waals surface area contributed by atoms with Crippen LogP contribution in [0, 0.1) is 0 Å². The van der Waals surface area contributed by atoms with Gasteiger partial charge in [0, 0.05) is 13.0 Å². The summed E-state index contributed by atoms with van der Waals surface area (Å²) in [5.41, 5.74) is 0.923. The molecule has 2 rings (SSSR count). The fraction of sp³-hybridized carbons (Fsp3) is 0.533. The van der Waals surface area contributed by atoms with Crippen LogP contribution in [0.25, 0.3) is 0 Å². The molecule has 1 aromatic carbocycles. The molecule has 0 aromatic heterocycles. The molecule has 1 heterocycles. The van der Waals surface area contributed by atoms with E-state index in [1.54, 1.807) is 4.90 Å². The molecular formula is C15H21NO6S. The predicted molar refractivity (Wildman–Crippen MR) is 83.4 cm³/mol. The second kappa shape index (κ2) is 8.28. The molecule has 1 aromatic rings. The summed E-state index contributed by atoms with van der Waals surface area (Å²) in [6.45, 7) is 1.47. The zero-order valence-electron chi connectivity index (χ0n) is 13.0. The van der Waals surface area contributed by atoms with E-state index in [2.05, 4.69) is 0 Å². The van der Waals surface area contributed by atoms with Crippen LogP contribution in [0.3, 0.4) is 0 Å². The number of carbonyl (C=O) groups is 1.